The topological polar surface area (TPSA) is 54.8 Å². The van der Waals surface area contributed by atoms with Gasteiger partial charge in [-0.05, 0) is 25.5 Å². The van der Waals surface area contributed by atoms with Crippen LogP contribution in [0.1, 0.15) is 18.1 Å². The van der Waals surface area contributed by atoms with E-state index in [0.717, 1.165) is 16.9 Å². The van der Waals surface area contributed by atoms with Crippen molar-refractivity contribution in [2.75, 3.05) is 31.8 Å². The van der Waals surface area contributed by atoms with E-state index < -0.39 is 0 Å². The summed E-state index contributed by atoms with van der Waals surface area (Å²) in [5.74, 6) is 0.799. The summed E-state index contributed by atoms with van der Waals surface area (Å²) in [5.41, 5.74) is 1.88. The highest BCUT2D eigenvalue weighted by Gasteiger charge is 2.33. The second-order valence-electron chi connectivity index (χ2n) is 4.86. The number of hydrogen-bond acceptors (Lipinski definition) is 5. The molecule has 1 unspecified atom stereocenters. The van der Waals surface area contributed by atoms with Crippen LogP contribution in [0, 0.1) is 6.92 Å². The number of pyridine rings is 1. The number of hydrogen-bond donors (Lipinski definition) is 1. The normalized spacial score (nSPS) is 22.7. The molecule has 0 aliphatic carbocycles. The quantitative estimate of drug-likeness (QED) is 0.865. The molecule has 1 aromatic heterocycles. The first-order valence-corrected chi connectivity index (χ1v) is 6.66. The summed E-state index contributed by atoms with van der Waals surface area (Å²) in [6, 6.07) is 2.10. The first-order chi connectivity index (χ1) is 9.17. The predicted octanol–water partition coefficient (Wildman–Crippen LogP) is 1.12. The zero-order valence-electron chi connectivity index (χ0n) is 11.8. The zero-order valence-corrected chi connectivity index (χ0v) is 11.8. The molecule has 1 aliphatic heterocycles. The van der Waals surface area contributed by atoms with E-state index >= 15 is 0 Å². The summed E-state index contributed by atoms with van der Waals surface area (Å²) in [5, 5.41) is 9.47. The van der Waals surface area contributed by atoms with Crippen molar-refractivity contribution >= 4 is 5.82 Å². The number of likely N-dealkylation sites (N-methyl/N-ethyl adjacent to an activating group) is 1. The SMILES string of the molecule is CCO[C@H]1COCC1N(C)c1ncc(C)cc1CO. The third-order valence-electron chi connectivity index (χ3n) is 3.46. The van der Waals surface area contributed by atoms with E-state index in [1.54, 1.807) is 0 Å². The maximum absolute atomic E-state index is 9.47. The van der Waals surface area contributed by atoms with Gasteiger partial charge in [0, 0.05) is 25.4 Å². The molecule has 1 aromatic rings. The molecule has 2 atom stereocenters. The smallest absolute Gasteiger partial charge is 0.134 e. The van der Waals surface area contributed by atoms with Gasteiger partial charge in [-0.2, -0.15) is 0 Å². The van der Waals surface area contributed by atoms with Crippen LogP contribution in [-0.2, 0) is 16.1 Å². The third kappa shape index (κ3) is 3.05. The number of aromatic nitrogens is 1. The lowest BCUT2D eigenvalue weighted by molar-refractivity contribution is 0.0452. The fourth-order valence-corrected chi connectivity index (χ4v) is 2.47. The van der Waals surface area contributed by atoms with Gasteiger partial charge in [-0.15, -0.1) is 0 Å². The maximum atomic E-state index is 9.47. The van der Waals surface area contributed by atoms with Crippen LogP contribution < -0.4 is 4.90 Å². The molecular formula is C14H22N2O3. The van der Waals surface area contributed by atoms with E-state index in [0.29, 0.717) is 19.8 Å². The fraction of sp³-hybridized carbons (Fsp3) is 0.643. The van der Waals surface area contributed by atoms with Gasteiger partial charge in [0.05, 0.1) is 25.9 Å². The Labute approximate surface area is 114 Å². The summed E-state index contributed by atoms with van der Waals surface area (Å²) in [7, 11) is 1.97. The van der Waals surface area contributed by atoms with Crippen molar-refractivity contribution < 1.29 is 14.6 Å². The van der Waals surface area contributed by atoms with Gasteiger partial charge < -0.3 is 19.5 Å². The molecule has 1 saturated heterocycles. The Morgan fingerprint density at radius 1 is 1.53 bits per heavy atom. The average molecular weight is 266 g/mol. The van der Waals surface area contributed by atoms with Gasteiger partial charge in [0.1, 0.15) is 11.9 Å². The third-order valence-corrected chi connectivity index (χ3v) is 3.46. The number of aliphatic hydroxyl groups excluding tert-OH is 1. The lowest BCUT2D eigenvalue weighted by Crippen LogP contribution is -2.42. The summed E-state index contributed by atoms with van der Waals surface area (Å²) in [4.78, 5) is 6.50. The van der Waals surface area contributed by atoms with Crippen LogP contribution in [0.15, 0.2) is 12.3 Å². The zero-order chi connectivity index (χ0) is 13.8. The molecule has 2 rings (SSSR count). The molecule has 19 heavy (non-hydrogen) atoms. The number of nitrogens with zero attached hydrogens (tertiary/aromatic N) is 2. The molecule has 0 saturated carbocycles. The van der Waals surface area contributed by atoms with Crippen LogP contribution >= 0.6 is 0 Å². The van der Waals surface area contributed by atoms with Gasteiger partial charge in [-0.3, -0.25) is 0 Å². The van der Waals surface area contributed by atoms with E-state index in [9.17, 15) is 5.11 Å². The molecule has 2 heterocycles. The molecule has 1 aliphatic rings. The number of aliphatic hydroxyl groups is 1. The molecule has 5 nitrogen and oxygen atoms in total. The number of aryl methyl sites for hydroxylation is 1. The van der Waals surface area contributed by atoms with Crippen molar-refractivity contribution in [3.8, 4) is 0 Å². The standard InChI is InChI=1S/C14H22N2O3/c1-4-19-13-9-18-8-12(13)16(3)14-11(7-17)5-10(2)6-15-14/h5-6,12-13,17H,4,7-9H2,1-3H3/t12?,13-/m0/s1. The Hall–Kier alpha value is -1.17. The van der Waals surface area contributed by atoms with Crippen molar-refractivity contribution in [3.05, 3.63) is 23.4 Å². The van der Waals surface area contributed by atoms with Gasteiger partial charge in [-0.25, -0.2) is 4.98 Å². The van der Waals surface area contributed by atoms with Crippen molar-refractivity contribution in [3.63, 3.8) is 0 Å². The molecule has 1 fully saturated rings. The van der Waals surface area contributed by atoms with Crippen LogP contribution in [0.2, 0.25) is 0 Å². The Kier molecular flexibility index (Phi) is 4.74. The number of rotatable bonds is 5. The highest BCUT2D eigenvalue weighted by atomic mass is 16.5. The molecule has 0 spiro atoms. The van der Waals surface area contributed by atoms with Crippen LogP contribution in [0.4, 0.5) is 5.82 Å². The monoisotopic (exact) mass is 266 g/mol. The number of anilines is 1. The number of ether oxygens (including phenoxy) is 2. The fourth-order valence-electron chi connectivity index (χ4n) is 2.47. The first kappa shape index (κ1) is 14.2. The van der Waals surface area contributed by atoms with E-state index in [4.69, 9.17) is 9.47 Å². The lowest BCUT2D eigenvalue weighted by atomic mass is 10.1. The molecule has 106 valence electrons. The average Bonchev–Trinajstić information content (AvgIpc) is 2.86. The van der Waals surface area contributed by atoms with Crippen molar-refractivity contribution in [1.29, 1.82) is 0 Å². The Balaban J connectivity index is 2.21. The lowest BCUT2D eigenvalue weighted by Gasteiger charge is -2.30. The molecule has 1 N–H and O–H groups in total. The second kappa shape index (κ2) is 6.32. The van der Waals surface area contributed by atoms with Crippen LogP contribution in [0.3, 0.4) is 0 Å². The molecule has 0 radical (unpaired) electrons. The predicted molar refractivity (Wildman–Crippen MR) is 73.3 cm³/mol. The Morgan fingerprint density at radius 3 is 3.00 bits per heavy atom. The maximum Gasteiger partial charge on any atom is 0.134 e. The van der Waals surface area contributed by atoms with Crippen LogP contribution in [-0.4, -0.2) is 49.1 Å². The molecule has 5 heteroatoms. The van der Waals surface area contributed by atoms with Crippen molar-refractivity contribution in [2.24, 2.45) is 0 Å². The highest BCUT2D eigenvalue weighted by Crippen LogP contribution is 2.24. The van der Waals surface area contributed by atoms with Gasteiger partial charge in [0.25, 0.3) is 0 Å². The van der Waals surface area contributed by atoms with Gasteiger partial charge in [-0.1, -0.05) is 0 Å². The highest BCUT2D eigenvalue weighted by molar-refractivity contribution is 5.48. The van der Waals surface area contributed by atoms with E-state index in [2.05, 4.69) is 9.88 Å². The Morgan fingerprint density at radius 2 is 2.32 bits per heavy atom. The molecule has 0 bridgehead atoms. The minimum absolute atomic E-state index is 0.0127. The molecule has 0 aromatic carbocycles. The van der Waals surface area contributed by atoms with Crippen LogP contribution in [0.5, 0.6) is 0 Å². The molecular weight excluding hydrogens is 244 g/mol. The molecule has 0 amide bonds. The van der Waals surface area contributed by atoms with E-state index in [-0.39, 0.29) is 18.8 Å². The van der Waals surface area contributed by atoms with E-state index in [1.165, 1.54) is 0 Å². The summed E-state index contributed by atoms with van der Waals surface area (Å²) in [6.45, 7) is 5.86. The van der Waals surface area contributed by atoms with Gasteiger partial charge in [0.15, 0.2) is 0 Å². The van der Waals surface area contributed by atoms with Crippen molar-refractivity contribution in [2.45, 2.75) is 32.6 Å². The summed E-state index contributed by atoms with van der Waals surface area (Å²) < 4.78 is 11.2. The van der Waals surface area contributed by atoms with Crippen LogP contribution in [0.25, 0.3) is 0 Å². The Bertz CT molecular complexity index is 425. The minimum Gasteiger partial charge on any atom is -0.392 e. The minimum atomic E-state index is -0.0127. The van der Waals surface area contributed by atoms with Crippen molar-refractivity contribution in [1.82, 2.24) is 4.98 Å². The largest absolute Gasteiger partial charge is 0.392 e. The van der Waals surface area contributed by atoms with Gasteiger partial charge in [0.2, 0.25) is 0 Å². The second-order valence-corrected chi connectivity index (χ2v) is 4.86. The summed E-state index contributed by atoms with van der Waals surface area (Å²) in [6.07, 6.45) is 1.88. The summed E-state index contributed by atoms with van der Waals surface area (Å²) >= 11 is 0. The van der Waals surface area contributed by atoms with E-state index in [1.807, 2.05) is 33.2 Å². The first-order valence-electron chi connectivity index (χ1n) is 6.66. The van der Waals surface area contributed by atoms with Gasteiger partial charge >= 0.3 is 0 Å².